The third kappa shape index (κ3) is 8.06. The highest BCUT2D eigenvalue weighted by molar-refractivity contribution is 5.85. The summed E-state index contributed by atoms with van der Waals surface area (Å²) < 4.78 is 0. The normalized spacial score (nSPS) is 22.1. The predicted octanol–water partition coefficient (Wildman–Crippen LogP) is 3.22. The van der Waals surface area contributed by atoms with Crippen LogP contribution in [0.5, 0.6) is 0 Å². The zero-order valence-corrected chi connectivity index (χ0v) is 16.0. The lowest BCUT2D eigenvalue weighted by Gasteiger charge is -2.26. The highest BCUT2D eigenvalue weighted by atomic mass is 35.5. The molecule has 2 aliphatic heterocycles. The molecule has 6 heteroatoms. The van der Waals surface area contributed by atoms with Crippen LogP contribution in [-0.4, -0.2) is 54.5 Å². The number of unbranched alkanes of at least 4 members (excludes halogenated alkanes) is 3. The Morgan fingerprint density at radius 3 is 2.26 bits per heavy atom. The van der Waals surface area contributed by atoms with Gasteiger partial charge < -0.3 is 15.5 Å². The van der Waals surface area contributed by atoms with Crippen molar-refractivity contribution in [1.29, 1.82) is 0 Å². The molecule has 0 radical (unpaired) electrons. The van der Waals surface area contributed by atoms with Crippen LogP contribution in [0.1, 0.15) is 64.2 Å². The van der Waals surface area contributed by atoms with Crippen LogP contribution in [0.25, 0.3) is 0 Å². The SMILES string of the molecule is Cl.Cl.NCCCCCCC(=O)N1CCCC(N2CCCC2)CC1. The Bertz CT molecular complexity index is 312. The number of rotatable bonds is 7. The number of hydrogen-bond donors (Lipinski definition) is 1. The van der Waals surface area contributed by atoms with Gasteiger partial charge in [-0.1, -0.05) is 12.8 Å². The summed E-state index contributed by atoms with van der Waals surface area (Å²) in [6, 6.07) is 0.731. The summed E-state index contributed by atoms with van der Waals surface area (Å²) in [5.74, 6) is 0.379. The molecule has 138 valence electrons. The van der Waals surface area contributed by atoms with Crippen molar-refractivity contribution in [3.05, 3.63) is 0 Å². The van der Waals surface area contributed by atoms with Gasteiger partial charge in [0.15, 0.2) is 0 Å². The number of nitrogens with zero attached hydrogens (tertiary/aromatic N) is 2. The molecule has 1 unspecified atom stereocenters. The molecule has 2 rings (SSSR count). The molecule has 1 amide bonds. The standard InChI is InChI=1S/C17H33N3O.2ClH/c18-11-4-2-1-3-9-17(21)20-14-7-8-16(10-15-20)19-12-5-6-13-19;;/h16H,1-15,18H2;2*1H. The number of carbonyl (C=O) groups is 1. The quantitative estimate of drug-likeness (QED) is 0.702. The lowest BCUT2D eigenvalue weighted by Crippen LogP contribution is -2.35. The monoisotopic (exact) mass is 367 g/mol. The van der Waals surface area contributed by atoms with Gasteiger partial charge in [-0.3, -0.25) is 4.79 Å². The molecule has 0 aromatic carbocycles. The Kier molecular flexibility index (Phi) is 13.3. The highest BCUT2D eigenvalue weighted by Gasteiger charge is 2.25. The zero-order chi connectivity index (χ0) is 14.9. The van der Waals surface area contributed by atoms with Gasteiger partial charge in [-0.05, 0) is 64.6 Å². The summed E-state index contributed by atoms with van der Waals surface area (Å²) in [7, 11) is 0. The van der Waals surface area contributed by atoms with Crippen LogP contribution >= 0.6 is 24.8 Å². The topological polar surface area (TPSA) is 49.6 Å². The Hall–Kier alpha value is -0.0300. The molecule has 2 aliphatic rings. The minimum atomic E-state index is 0. The maximum absolute atomic E-state index is 12.3. The van der Waals surface area contributed by atoms with Crippen molar-refractivity contribution in [2.75, 3.05) is 32.7 Å². The minimum Gasteiger partial charge on any atom is -0.343 e. The smallest absolute Gasteiger partial charge is 0.222 e. The van der Waals surface area contributed by atoms with Crippen molar-refractivity contribution in [3.8, 4) is 0 Å². The Morgan fingerprint density at radius 1 is 0.870 bits per heavy atom. The van der Waals surface area contributed by atoms with Gasteiger partial charge in [-0.25, -0.2) is 0 Å². The summed E-state index contributed by atoms with van der Waals surface area (Å²) in [6.45, 7) is 5.28. The third-order valence-electron chi connectivity index (χ3n) is 5.05. The largest absolute Gasteiger partial charge is 0.343 e. The second-order valence-corrected chi connectivity index (χ2v) is 6.66. The first kappa shape index (κ1) is 23.0. The maximum atomic E-state index is 12.3. The first-order valence-corrected chi connectivity index (χ1v) is 9.03. The van der Waals surface area contributed by atoms with Crippen LogP contribution in [0.2, 0.25) is 0 Å². The second kappa shape index (κ2) is 13.3. The predicted molar refractivity (Wildman–Crippen MR) is 102 cm³/mol. The summed E-state index contributed by atoms with van der Waals surface area (Å²) in [5.41, 5.74) is 5.49. The molecule has 2 fully saturated rings. The number of hydrogen-bond acceptors (Lipinski definition) is 3. The summed E-state index contributed by atoms with van der Waals surface area (Å²) in [4.78, 5) is 17.1. The second-order valence-electron chi connectivity index (χ2n) is 6.66. The average Bonchev–Trinajstić information content (AvgIpc) is 2.91. The van der Waals surface area contributed by atoms with Crippen molar-refractivity contribution >= 4 is 30.7 Å². The first-order valence-electron chi connectivity index (χ1n) is 9.03. The molecule has 0 spiro atoms. The highest BCUT2D eigenvalue weighted by Crippen LogP contribution is 2.21. The van der Waals surface area contributed by atoms with E-state index < -0.39 is 0 Å². The molecular formula is C17H35Cl2N3O. The molecule has 23 heavy (non-hydrogen) atoms. The van der Waals surface area contributed by atoms with Crippen LogP contribution in [0.4, 0.5) is 0 Å². The maximum Gasteiger partial charge on any atom is 0.222 e. The van der Waals surface area contributed by atoms with Gasteiger partial charge in [-0.15, -0.1) is 24.8 Å². The van der Waals surface area contributed by atoms with Crippen LogP contribution in [0.15, 0.2) is 0 Å². The number of carbonyl (C=O) groups excluding carboxylic acids is 1. The average molecular weight is 368 g/mol. The van der Waals surface area contributed by atoms with Gasteiger partial charge in [0.1, 0.15) is 0 Å². The molecule has 2 N–H and O–H groups in total. The molecule has 2 heterocycles. The van der Waals surface area contributed by atoms with E-state index in [4.69, 9.17) is 5.73 Å². The summed E-state index contributed by atoms with van der Waals surface area (Å²) in [5, 5.41) is 0. The molecular weight excluding hydrogens is 333 g/mol. The lowest BCUT2D eigenvalue weighted by atomic mass is 10.1. The van der Waals surface area contributed by atoms with E-state index in [-0.39, 0.29) is 24.8 Å². The first-order chi connectivity index (χ1) is 10.3. The van der Waals surface area contributed by atoms with Gasteiger partial charge in [-0.2, -0.15) is 0 Å². The van der Waals surface area contributed by atoms with Crippen molar-refractivity contribution in [2.45, 2.75) is 70.3 Å². The van der Waals surface area contributed by atoms with Crippen LogP contribution in [-0.2, 0) is 4.79 Å². The Morgan fingerprint density at radius 2 is 1.57 bits per heavy atom. The summed E-state index contributed by atoms with van der Waals surface area (Å²) >= 11 is 0. The number of likely N-dealkylation sites (tertiary alicyclic amines) is 2. The van der Waals surface area contributed by atoms with Crippen molar-refractivity contribution < 1.29 is 4.79 Å². The fourth-order valence-corrected chi connectivity index (χ4v) is 3.73. The van der Waals surface area contributed by atoms with Crippen LogP contribution < -0.4 is 5.73 Å². The molecule has 2 saturated heterocycles. The minimum absolute atomic E-state index is 0. The van der Waals surface area contributed by atoms with Crippen molar-refractivity contribution in [2.24, 2.45) is 5.73 Å². The zero-order valence-electron chi connectivity index (χ0n) is 14.4. The molecule has 0 bridgehead atoms. The van der Waals surface area contributed by atoms with E-state index in [0.717, 1.165) is 51.4 Å². The molecule has 4 nitrogen and oxygen atoms in total. The van der Waals surface area contributed by atoms with E-state index in [1.807, 2.05) is 0 Å². The molecule has 1 atom stereocenters. The molecule has 0 aliphatic carbocycles. The third-order valence-corrected chi connectivity index (χ3v) is 5.05. The van der Waals surface area contributed by atoms with Crippen molar-refractivity contribution in [1.82, 2.24) is 9.80 Å². The van der Waals surface area contributed by atoms with E-state index in [0.29, 0.717) is 5.91 Å². The fraction of sp³-hybridized carbons (Fsp3) is 0.941. The Balaban J connectivity index is 0.00000242. The van der Waals surface area contributed by atoms with E-state index in [9.17, 15) is 4.79 Å². The lowest BCUT2D eigenvalue weighted by molar-refractivity contribution is -0.131. The van der Waals surface area contributed by atoms with Gasteiger partial charge in [0.25, 0.3) is 0 Å². The molecule has 0 aromatic rings. The summed E-state index contributed by atoms with van der Waals surface area (Å²) in [6.07, 6.45) is 11.5. The Labute approximate surface area is 154 Å². The number of amides is 1. The van der Waals surface area contributed by atoms with E-state index in [1.165, 1.54) is 51.6 Å². The molecule has 0 saturated carbocycles. The van der Waals surface area contributed by atoms with Gasteiger partial charge in [0.2, 0.25) is 5.91 Å². The van der Waals surface area contributed by atoms with Gasteiger partial charge >= 0.3 is 0 Å². The van der Waals surface area contributed by atoms with Crippen molar-refractivity contribution in [3.63, 3.8) is 0 Å². The van der Waals surface area contributed by atoms with Gasteiger partial charge in [0.05, 0.1) is 0 Å². The van der Waals surface area contributed by atoms with Gasteiger partial charge in [0, 0.05) is 25.6 Å². The van der Waals surface area contributed by atoms with Crippen LogP contribution in [0, 0.1) is 0 Å². The van der Waals surface area contributed by atoms with E-state index in [1.54, 1.807) is 0 Å². The number of halogens is 2. The molecule has 0 aromatic heterocycles. The van der Waals surface area contributed by atoms with Crippen LogP contribution in [0.3, 0.4) is 0 Å². The number of nitrogens with two attached hydrogens (primary N) is 1. The van der Waals surface area contributed by atoms with E-state index in [2.05, 4.69) is 9.80 Å². The van der Waals surface area contributed by atoms with E-state index >= 15 is 0 Å². The fourth-order valence-electron chi connectivity index (χ4n) is 3.73.